The summed E-state index contributed by atoms with van der Waals surface area (Å²) >= 11 is 0. The zero-order chi connectivity index (χ0) is 12.8. The Bertz CT molecular complexity index is 378. The average molecular weight is 242 g/mol. The number of rotatable bonds is 7. The minimum Gasteiger partial charge on any atom is -0.383 e. The summed E-state index contributed by atoms with van der Waals surface area (Å²) in [5, 5.41) is 7.93. The van der Waals surface area contributed by atoms with Crippen LogP contribution in [0, 0.1) is 0 Å². The lowest BCUT2D eigenvalue weighted by atomic mass is 10.1. The van der Waals surface area contributed by atoms with E-state index in [4.69, 9.17) is 15.2 Å². The van der Waals surface area contributed by atoms with Crippen LogP contribution in [0.1, 0.15) is 24.4 Å². The third-order valence-corrected chi connectivity index (χ3v) is 2.43. The van der Waals surface area contributed by atoms with E-state index in [9.17, 15) is 4.79 Å². The molecule has 0 saturated carbocycles. The molecule has 1 rings (SSSR count). The van der Waals surface area contributed by atoms with Crippen LogP contribution in [0.2, 0.25) is 0 Å². The molecule has 96 valence electrons. The summed E-state index contributed by atoms with van der Waals surface area (Å²) in [6, 6.07) is 0. The minimum atomic E-state index is -0.437. The van der Waals surface area contributed by atoms with Gasteiger partial charge in [0.25, 0.3) is 0 Å². The topological polar surface area (TPSA) is 92.3 Å². The van der Waals surface area contributed by atoms with E-state index in [2.05, 4.69) is 10.3 Å². The van der Waals surface area contributed by atoms with Crippen molar-refractivity contribution in [1.29, 1.82) is 0 Å². The van der Waals surface area contributed by atoms with E-state index >= 15 is 0 Å². The Balaban J connectivity index is 2.97. The number of carbonyl (C=O) groups is 1. The van der Waals surface area contributed by atoms with Gasteiger partial charge in [0, 0.05) is 14.2 Å². The van der Waals surface area contributed by atoms with Crippen LogP contribution in [0.25, 0.3) is 0 Å². The van der Waals surface area contributed by atoms with Crippen LogP contribution < -0.4 is 5.73 Å². The number of nitrogens with zero attached hydrogens (tertiary/aromatic N) is 3. The van der Waals surface area contributed by atoms with E-state index in [-0.39, 0.29) is 12.5 Å². The molecule has 1 amide bonds. The van der Waals surface area contributed by atoms with Crippen LogP contribution in [-0.4, -0.2) is 41.7 Å². The number of methoxy groups -OCH3 is 2. The molecule has 0 aliphatic rings. The van der Waals surface area contributed by atoms with Crippen molar-refractivity contribution in [3.05, 3.63) is 11.4 Å². The van der Waals surface area contributed by atoms with Crippen molar-refractivity contribution < 1.29 is 14.3 Å². The monoisotopic (exact) mass is 242 g/mol. The predicted molar refractivity (Wildman–Crippen MR) is 60.2 cm³/mol. The normalized spacial score (nSPS) is 12.6. The van der Waals surface area contributed by atoms with Gasteiger partial charge in [-0.05, 0) is 6.92 Å². The summed E-state index contributed by atoms with van der Waals surface area (Å²) in [6.07, 6.45) is -0.132. The van der Waals surface area contributed by atoms with Gasteiger partial charge in [0.1, 0.15) is 0 Å². The van der Waals surface area contributed by atoms with Crippen molar-refractivity contribution in [3.8, 4) is 0 Å². The quantitative estimate of drug-likeness (QED) is 0.706. The van der Waals surface area contributed by atoms with Crippen LogP contribution in [0.4, 0.5) is 0 Å². The largest absolute Gasteiger partial charge is 0.383 e. The minimum absolute atomic E-state index is 0.0655. The van der Waals surface area contributed by atoms with Gasteiger partial charge in [0.05, 0.1) is 37.1 Å². The van der Waals surface area contributed by atoms with E-state index < -0.39 is 5.91 Å². The second-order valence-electron chi connectivity index (χ2n) is 3.66. The molecular weight excluding hydrogens is 224 g/mol. The summed E-state index contributed by atoms with van der Waals surface area (Å²) in [5.74, 6) is -0.437. The van der Waals surface area contributed by atoms with Gasteiger partial charge < -0.3 is 15.2 Å². The standard InChI is InChI=1S/C10H18N4O3/c1-7(17-3)10-8(6-9(11)15)12-13-14(10)4-5-16-2/h7H,4-6H2,1-3H3,(H2,11,15). The van der Waals surface area contributed by atoms with E-state index in [0.717, 1.165) is 5.69 Å². The molecular formula is C10H18N4O3. The lowest BCUT2D eigenvalue weighted by Gasteiger charge is -2.13. The van der Waals surface area contributed by atoms with E-state index in [1.54, 1.807) is 18.9 Å². The van der Waals surface area contributed by atoms with Crippen molar-refractivity contribution in [2.75, 3.05) is 20.8 Å². The Morgan fingerprint density at radius 1 is 1.53 bits per heavy atom. The number of amides is 1. The van der Waals surface area contributed by atoms with Gasteiger partial charge in [-0.3, -0.25) is 4.79 Å². The number of carbonyl (C=O) groups excluding carboxylic acids is 1. The van der Waals surface area contributed by atoms with Crippen molar-refractivity contribution in [2.24, 2.45) is 5.73 Å². The Morgan fingerprint density at radius 2 is 2.24 bits per heavy atom. The molecule has 1 unspecified atom stereocenters. The molecule has 7 heteroatoms. The van der Waals surface area contributed by atoms with E-state index in [1.807, 2.05) is 6.92 Å². The second kappa shape index (κ2) is 6.31. The molecule has 0 fully saturated rings. The second-order valence-corrected chi connectivity index (χ2v) is 3.66. The highest BCUT2D eigenvalue weighted by molar-refractivity contribution is 5.76. The molecule has 0 saturated heterocycles. The first-order valence-electron chi connectivity index (χ1n) is 5.32. The molecule has 17 heavy (non-hydrogen) atoms. The van der Waals surface area contributed by atoms with Crippen LogP contribution in [0.3, 0.4) is 0 Å². The number of primary amides is 1. The van der Waals surface area contributed by atoms with Crippen LogP contribution in [0.5, 0.6) is 0 Å². The summed E-state index contributed by atoms with van der Waals surface area (Å²) in [5.41, 5.74) is 6.49. The highest BCUT2D eigenvalue weighted by atomic mass is 16.5. The molecule has 0 aliphatic carbocycles. The fourth-order valence-corrected chi connectivity index (χ4v) is 1.55. The maximum atomic E-state index is 10.9. The molecule has 0 spiro atoms. The summed E-state index contributed by atoms with van der Waals surface area (Å²) in [7, 11) is 3.20. The third-order valence-electron chi connectivity index (χ3n) is 2.43. The molecule has 0 radical (unpaired) electrons. The molecule has 0 bridgehead atoms. The zero-order valence-electron chi connectivity index (χ0n) is 10.3. The molecule has 1 aromatic heterocycles. The Morgan fingerprint density at radius 3 is 2.76 bits per heavy atom. The highest BCUT2D eigenvalue weighted by Crippen LogP contribution is 2.19. The lowest BCUT2D eigenvalue weighted by molar-refractivity contribution is -0.117. The van der Waals surface area contributed by atoms with Crippen molar-refractivity contribution in [3.63, 3.8) is 0 Å². The van der Waals surface area contributed by atoms with Gasteiger partial charge >= 0.3 is 0 Å². The zero-order valence-corrected chi connectivity index (χ0v) is 10.3. The van der Waals surface area contributed by atoms with E-state index in [0.29, 0.717) is 18.8 Å². The average Bonchev–Trinajstić information content (AvgIpc) is 2.67. The lowest BCUT2D eigenvalue weighted by Crippen LogP contribution is -2.18. The number of ether oxygens (including phenoxy) is 2. The molecule has 7 nitrogen and oxygen atoms in total. The summed E-state index contributed by atoms with van der Waals surface area (Å²) < 4.78 is 11.9. The smallest absolute Gasteiger partial charge is 0.223 e. The van der Waals surface area contributed by atoms with Gasteiger partial charge in [0.15, 0.2) is 0 Å². The molecule has 1 heterocycles. The Hall–Kier alpha value is -1.47. The molecule has 0 aliphatic heterocycles. The van der Waals surface area contributed by atoms with Gasteiger partial charge in [0.2, 0.25) is 5.91 Å². The maximum absolute atomic E-state index is 10.9. The van der Waals surface area contributed by atoms with Gasteiger partial charge in [-0.15, -0.1) is 5.10 Å². The van der Waals surface area contributed by atoms with Crippen molar-refractivity contribution in [2.45, 2.75) is 26.0 Å². The van der Waals surface area contributed by atoms with Crippen LogP contribution in [0.15, 0.2) is 0 Å². The number of hydrogen-bond donors (Lipinski definition) is 1. The van der Waals surface area contributed by atoms with E-state index in [1.165, 1.54) is 0 Å². The Kier molecular flexibility index (Phi) is 5.05. The van der Waals surface area contributed by atoms with Crippen molar-refractivity contribution in [1.82, 2.24) is 15.0 Å². The molecule has 1 atom stereocenters. The predicted octanol–water partition coefficient (Wildman–Crippen LogP) is -0.340. The molecule has 2 N–H and O–H groups in total. The van der Waals surface area contributed by atoms with Crippen LogP contribution in [-0.2, 0) is 27.2 Å². The number of aromatic nitrogens is 3. The van der Waals surface area contributed by atoms with Crippen molar-refractivity contribution >= 4 is 5.91 Å². The Labute approximate surface area is 99.9 Å². The molecule has 0 aromatic carbocycles. The first-order valence-corrected chi connectivity index (χ1v) is 5.32. The highest BCUT2D eigenvalue weighted by Gasteiger charge is 2.19. The fraction of sp³-hybridized carbons (Fsp3) is 0.700. The van der Waals surface area contributed by atoms with Gasteiger partial charge in [-0.2, -0.15) is 0 Å². The van der Waals surface area contributed by atoms with Gasteiger partial charge in [-0.1, -0.05) is 5.21 Å². The van der Waals surface area contributed by atoms with Gasteiger partial charge in [-0.25, -0.2) is 4.68 Å². The SMILES string of the molecule is COCCn1nnc(CC(N)=O)c1C(C)OC. The first kappa shape index (κ1) is 13.6. The summed E-state index contributed by atoms with van der Waals surface area (Å²) in [4.78, 5) is 10.9. The fourth-order valence-electron chi connectivity index (χ4n) is 1.55. The molecule has 1 aromatic rings. The van der Waals surface area contributed by atoms with Crippen LogP contribution >= 0.6 is 0 Å². The third kappa shape index (κ3) is 3.50. The maximum Gasteiger partial charge on any atom is 0.223 e. The number of hydrogen-bond acceptors (Lipinski definition) is 5. The summed E-state index contributed by atoms with van der Waals surface area (Å²) in [6.45, 7) is 2.95. The first-order chi connectivity index (χ1) is 8.10. The number of nitrogens with two attached hydrogens (primary N) is 1.